The van der Waals surface area contributed by atoms with E-state index in [1.54, 1.807) is 0 Å². The Morgan fingerprint density at radius 3 is 0.908 bits per heavy atom. The van der Waals surface area contributed by atoms with Crippen LogP contribution < -0.4 is 51.7 Å². The molecule has 76 heavy (non-hydrogen) atoms. The fraction of sp³-hybridized carbons (Fsp3) is 0.130. The summed E-state index contributed by atoms with van der Waals surface area (Å²) in [4.78, 5) is 0. The minimum Gasteiger partial charge on any atom is -0.458 e. The summed E-state index contributed by atoms with van der Waals surface area (Å²) in [5, 5.41) is 2.52. The molecule has 10 aromatic carbocycles. The number of rotatable bonds is 4. The summed E-state index contributed by atoms with van der Waals surface area (Å²) in [6, 6.07) is 70.3. The summed E-state index contributed by atoms with van der Waals surface area (Å²) in [5.41, 5.74) is 20.7. The van der Waals surface area contributed by atoms with Crippen molar-refractivity contribution in [2.45, 2.75) is 52.4 Å². The third-order valence-electron chi connectivity index (χ3n) is 16.6. The molecule has 1 aromatic heterocycles. The van der Waals surface area contributed by atoms with Gasteiger partial charge in [-0.3, -0.25) is 0 Å². The van der Waals surface area contributed by atoms with E-state index < -0.39 is 0 Å². The second-order valence-corrected chi connectivity index (χ2v) is 23.3. The van der Waals surface area contributed by atoms with E-state index in [9.17, 15) is 0 Å². The largest absolute Gasteiger partial charge is 0.458 e. The number of ether oxygens (including phenoxy) is 4. The molecule has 15 rings (SSSR count). The van der Waals surface area contributed by atoms with Crippen LogP contribution in [0.1, 0.15) is 52.7 Å². The van der Waals surface area contributed by atoms with Crippen LogP contribution in [0.3, 0.4) is 0 Å². The third-order valence-corrected chi connectivity index (χ3v) is 16.6. The van der Waals surface area contributed by atoms with E-state index in [1.165, 1.54) is 44.1 Å². The van der Waals surface area contributed by atoms with Crippen molar-refractivity contribution in [3.8, 4) is 90.5 Å². The number of para-hydroxylation sites is 4. The maximum absolute atomic E-state index is 6.69. The molecule has 7 heteroatoms. The highest BCUT2D eigenvalue weighted by Crippen LogP contribution is 2.46. The van der Waals surface area contributed by atoms with E-state index in [2.05, 4.69) is 223 Å². The Morgan fingerprint density at radius 1 is 0.316 bits per heavy atom. The highest BCUT2D eigenvalue weighted by Gasteiger charge is 2.42. The quantitative estimate of drug-likeness (QED) is 0.165. The van der Waals surface area contributed by atoms with E-state index in [4.69, 9.17) is 18.9 Å². The standard InChI is InChI=1S/C69H53B2NO4/c1-68(2,3)46-36-48(42-28-24-40(25-29-42)44-32-60-64-61(33-44)74-57-21-13-9-17-53(57)70(64)52-16-8-12-20-56(52)73-60)66-50(38-46)51-39-47(69(4,5)6)37-49(67(51)72(66)7)43-30-26-41(27-31-43)45-34-62-65-63(35-45)76-59-23-15-11-19-55(59)71(65)54-18-10-14-22-58(54)75-62/h8-39H,1-7H3. The Bertz CT molecular complexity index is 3860. The molecule has 0 radical (unpaired) electrons. The SMILES string of the molecule is Cn1c2c(-c3ccc(-c4cc5c6c(c4)Oc4ccccc4B6c4ccccc4O5)cc3)cc(C(C)(C)C)cc2c2cc(C(C)(C)C)cc(-c3ccc(-c4cc5c6c(c4)Oc4ccccc4B6c4ccccc4O5)cc3)c21. The number of nitrogens with zero attached hydrogens (tertiary/aromatic N) is 1. The summed E-state index contributed by atoms with van der Waals surface area (Å²) in [7, 11) is 2.25. The van der Waals surface area contributed by atoms with Gasteiger partial charge in [0.05, 0.1) is 11.0 Å². The number of fused-ring (bicyclic) bond motifs is 11. The third kappa shape index (κ3) is 6.80. The van der Waals surface area contributed by atoms with E-state index in [0.717, 1.165) is 112 Å². The molecule has 5 heterocycles. The lowest BCUT2D eigenvalue weighted by molar-refractivity contribution is 0.464. The number of benzene rings is 10. The topological polar surface area (TPSA) is 41.9 Å². The summed E-state index contributed by atoms with van der Waals surface area (Å²) >= 11 is 0. The predicted octanol–water partition coefficient (Wildman–Crippen LogP) is 14.0. The normalized spacial score (nSPS) is 13.6. The van der Waals surface area contributed by atoms with Crippen molar-refractivity contribution in [1.29, 1.82) is 0 Å². The van der Waals surface area contributed by atoms with Crippen molar-refractivity contribution in [2.75, 3.05) is 0 Å². The minimum absolute atomic E-state index is 0.0409. The Labute approximate surface area is 444 Å². The maximum atomic E-state index is 6.69. The Hall–Kier alpha value is -8.67. The zero-order valence-electron chi connectivity index (χ0n) is 43.7. The number of aromatic nitrogens is 1. The van der Waals surface area contributed by atoms with Gasteiger partial charge in [-0.2, -0.15) is 0 Å². The van der Waals surface area contributed by atoms with Gasteiger partial charge in [-0.25, -0.2) is 0 Å². The van der Waals surface area contributed by atoms with Crippen LogP contribution in [-0.4, -0.2) is 18.0 Å². The van der Waals surface area contributed by atoms with Crippen LogP contribution in [0.25, 0.3) is 66.3 Å². The van der Waals surface area contributed by atoms with Gasteiger partial charge in [0.1, 0.15) is 46.0 Å². The number of aryl methyl sites for hydroxylation is 1. The summed E-state index contributed by atoms with van der Waals surface area (Å²) < 4.78 is 29.2. The van der Waals surface area contributed by atoms with Gasteiger partial charge in [-0.1, -0.05) is 163 Å². The average Bonchev–Trinajstić information content (AvgIpc) is 3.76. The van der Waals surface area contributed by atoms with Gasteiger partial charge in [0, 0.05) is 39.9 Å². The fourth-order valence-corrected chi connectivity index (χ4v) is 12.6. The lowest BCUT2D eigenvalue weighted by Crippen LogP contribution is -2.57. The molecule has 0 saturated carbocycles. The lowest BCUT2D eigenvalue weighted by atomic mass is 9.35. The lowest BCUT2D eigenvalue weighted by Gasteiger charge is -2.33. The molecule has 0 fully saturated rings. The molecule has 0 N–H and O–H groups in total. The number of hydrogen-bond donors (Lipinski definition) is 0. The fourth-order valence-electron chi connectivity index (χ4n) is 12.6. The van der Waals surface area contributed by atoms with Crippen molar-refractivity contribution in [1.82, 2.24) is 4.57 Å². The Balaban J connectivity index is 0.838. The van der Waals surface area contributed by atoms with Gasteiger partial charge in [0.25, 0.3) is 13.4 Å². The zero-order chi connectivity index (χ0) is 51.4. The molecule has 5 nitrogen and oxygen atoms in total. The van der Waals surface area contributed by atoms with Gasteiger partial charge in [-0.15, -0.1) is 0 Å². The molecule has 4 aliphatic rings. The molecule has 0 aliphatic carbocycles. The maximum Gasteiger partial charge on any atom is 0.260 e. The van der Waals surface area contributed by atoms with Crippen molar-refractivity contribution in [3.63, 3.8) is 0 Å². The minimum atomic E-state index is -0.0934. The van der Waals surface area contributed by atoms with Crippen molar-refractivity contribution >= 4 is 68.0 Å². The van der Waals surface area contributed by atoms with E-state index in [1.807, 2.05) is 24.3 Å². The van der Waals surface area contributed by atoms with Crippen LogP contribution in [0.4, 0.5) is 0 Å². The summed E-state index contributed by atoms with van der Waals surface area (Å²) in [5.74, 6) is 6.92. The van der Waals surface area contributed by atoms with E-state index >= 15 is 0 Å². The van der Waals surface area contributed by atoms with Crippen LogP contribution in [-0.2, 0) is 17.9 Å². The molecule has 0 spiro atoms. The van der Waals surface area contributed by atoms with Gasteiger partial charge >= 0.3 is 0 Å². The van der Waals surface area contributed by atoms with Crippen molar-refractivity contribution in [2.24, 2.45) is 7.05 Å². The molecule has 11 aromatic rings. The van der Waals surface area contributed by atoms with Gasteiger partial charge in [0.15, 0.2) is 0 Å². The van der Waals surface area contributed by atoms with Crippen LogP contribution in [0, 0.1) is 0 Å². The summed E-state index contributed by atoms with van der Waals surface area (Å²) in [6.45, 7) is 14.0. The summed E-state index contributed by atoms with van der Waals surface area (Å²) in [6.07, 6.45) is 0. The molecule has 0 amide bonds. The van der Waals surface area contributed by atoms with Crippen molar-refractivity contribution in [3.05, 3.63) is 205 Å². The highest BCUT2D eigenvalue weighted by atomic mass is 16.5. The molecule has 4 aliphatic heterocycles. The van der Waals surface area contributed by atoms with E-state index in [0.29, 0.717) is 0 Å². The van der Waals surface area contributed by atoms with Crippen LogP contribution in [0.15, 0.2) is 194 Å². The Morgan fingerprint density at radius 2 is 0.605 bits per heavy atom. The molecular weight excluding hydrogens is 928 g/mol. The predicted molar refractivity (Wildman–Crippen MR) is 315 cm³/mol. The molecule has 0 unspecified atom stereocenters. The van der Waals surface area contributed by atoms with Crippen molar-refractivity contribution < 1.29 is 18.9 Å². The van der Waals surface area contributed by atoms with Crippen LogP contribution in [0.2, 0.25) is 0 Å². The first kappa shape index (κ1) is 44.8. The first-order valence-corrected chi connectivity index (χ1v) is 26.6. The monoisotopic (exact) mass is 981 g/mol. The second kappa shape index (κ2) is 16.2. The Kier molecular flexibility index (Phi) is 9.53. The molecule has 364 valence electrons. The average molecular weight is 982 g/mol. The van der Waals surface area contributed by atoms with Gasteiger partial charge in [-0.05, 0) is 150 Å². The van der Waals surface area contributed by atoms with Crippen LogP contribution >= 0.6 is 0 Å². The highest BCUT2D eigenvalue weighted by molar-refractivity contribution is 6.99. The molecule has 0 atom stereocenters. The smallest absolute Gasteiger partial charge is 0.260 e. The second-order valence-electron chi connectivity index (χ2n) is 23.3. The van der Waals surface area contributed by atoms with Gasteiger partial charge in [0.2, 0.25) is 0 Å². The first-order chi connectivity index (χ1) is 36.8. The molecule has 0 bridgehead atoms. The first-order valence-electron chi connectivity index (χ1n) is 26.6. The van der Waals surface area contributed by atoms with Gasteiger partial charge < -0.3 is 23.5 Å². The van der Waals surface area contributed by atoms with Crippen LogP contribution in [0.5, 0.6) is 46.0 Å². The zero-order valence-corrected chi connectivity index (χ0v) is 43.7. The number of hydrogen-bond acceptors (Lipinski definition) is 4. The molecular formula is C69H53B2NO4. The molecule has 0 saturated heterocycles. The van der Waals surface area contributed by atoms with E-state index in [-0.39, 0.29) is 24.3 Å².